The third kappa shape index (κ3) is 3.47. The Morgan fingerprint density at radius 2 is 1.92 bits per heavy atom. The standard InChI is InChI=1S/C18H25N3O3S2/c1-3-20(4-2)18-19-15-13(26-18)11-14(25-15)16(22)21-7-5-12(6-8-21)17-23-9-10-24-17/h11-12,17H,3-10H2,1-2H3. The average Bonchev–Trinajstić information content (AvgIpc) is 3.39. The van der Waals surface area contributed by atoms with Crippen LogP contribution >= 0.6 is 22.7 Å². The van der Waals surface area contributed by atoms with Gasteiger partial charge in [-0.2, -0.15) is 0 Å². The number of hydrogen-bond acceptors (Lipinski definition) is 7. The van der Waals surface area contributed by atoms with Crippen LogP contribution in [0, 0.1) is 5.92 Å². The van der Waals surface area contributed by atoms with Gasteiger partial charge in [-0.05, 0) is 32.8 Å². The van der Waals surface area contributed by atoms with E-state index in [0.717, 1.165) is 58.6 Å². The van der Waals surface area contributed by atoms with Crippen LogP contribution in [0.3, 0.4) is 0 Å². The molecule has 142 valence electrons. The van der Waals surface area contributed by atoms with Crippen LogP contribution in [0.25, 0.3) is 9.53 Å². The zero-order valence-electron chi connectivity index (χ0n) is 15.3. The SMILES string of the molecule is CCN(CC)c1nc2sc(C(=O)N3CCC(C4OCCO4)CC3)cc2s1. The van der Waals surface area contributed by atoms with E-state index in [4.69, 9.17) is 14.5 Å². The van der Waals surface area contributed by atoms with Crippen LogP contribution in [-0.2, 0) is 9.47 Å². The Balaban J connectivity index is 1.41. The van der Waals surface area contributed by atoms with E-state index < -0.39 is 0 Å². The Morgan fingerprint density at radius 3 is 2.54 bits per heavy atom. The van der Waals surface area contributed by atoms with Crippen molar-refractivity contribution in [2.45, 2.75) is 33.0 Å². The number of ether oxygens (including phenoxy) is 2. The highest BCUT2D eigenvalue weighted by Crippen LogP contribution is 2.35. The van der Waals surface area contributed by atoms with Crippen LogP contribution in [0.5, 0.6) is 0 Å². The fraction of sp³-hybridized carbons (Fsp3) is 0.667. The quantitative estimate of drug-likeness (QED) is 0.776. The van der Waals surface area contributed by atoms with Crippen molar-refractivity contribution in [2.24, 2.45) is 5.92 Å². The molecular formula is C18H25N3O3S2. The van der Waals surface area contributed by atoms with Crippen LogP contribution in [0.2, 0.25) is 0 Å². The van der Waals surface area contributed by atoms with E-state index in [9.17, 15) is 4.79 Å². The van der Waals surface area contributed by atoms with Gasteiger partial charge in [-0.3, -0.25) is 4.79 Å². The minimum Gasteiger partial charge on any atom is -0.350 e. The Labute approximate surface area is 161 Å². The lowest BCUT2D eigenvalue weighted by Crippen LogP contribution is -2.41. The zero-order valence-corrected chi connectivity index (χ0v) is 16.9. The first-order valence-electron chi connectivity index (χ1n) is 9.37. The second kappa shape index (κ2) is 7.80. The summed E-state index contributed by atoms with van der Waals surface area (Å²) in [5.74, 6) is 0.544. The molecule has 6 nitrogen and oxygen atoms in total. The molecule has 0 saturated carbocycles. The third-order valence-electron chi connectivity index (χ3n) is 5.18. The van der Waals surface area contributed by atoms with E-state index in [1.54, 1.807) is 11.3 Å². The molecule has 2 fully saturated rings. The molecular weight excluding hydrogens is 370 g/mol. The van der Waals surface area contributed by atoms with E-state index in [1.165, 1.54) is 11.3 Å². The number of anilines is 1. The lowest BCUT2D eigenvalue weighted by atomic mass is 9.96. The second-order valence-electron chi connectivity index (χ2n) is 6.69. The van der Waals surface area contributed by atoms with Gasteiger partial charge < -0.3 is 19.3 Å². The van der Waals surface area contributed by atoms with Crippen LogP contribution < -0.4 is 4.90 Å². The van der Waals surface area contributed by atoms with Gasteiger partial charge in [0.25, 0.3) is 5.91 Å². The number of aromatic nitrogens is 1. The van der Waals surface area contributed by atoms with Crippen molar-refractivity contribution in [1.29, 1.82) is 0 Å². The summed E-state index contributed by atoms with van der Waals surface area (Å²) >= 11 is 3.19. The molecule has 0 N–H and O–H groups in total. The van der Waals surface area contributed by atoms with Crippen molar-refractivity contribution >= 4 is 43.2 Å². The van der Waals surface area contributed by atoms with Crippen molar-refractivity contribution in [2.75, 3.05) is 44.3 Å². The van der Waals surface area contributed by atoms with Gasteiger partial charge >= 0.3 is 0 Å². The number of nitrogens with zero attached hydrogens (tertiary/aromatic N) is 3. The van der Waals surface area contributed by atoms with Crippen LogP contribution in [0.1, 0.15) is 36.4 Å². The largest absolute Gasteiger partial charge is 0.350 e. The van der Waals surface area contributed by atoms with Crippen molar-refractivity contribution in [3.05, 3.63) is 10.9 Å². The molecule has 4 heterocycles. The summed E-state index contributed by atoms with van der Waals surface area (Å²) in [6.07, 6.45) is 1.82. The Bertz CT molecular complexity index is 725. The normalized spacial score (nSPS) is 19.5. The fourth-order valence-electron chi connectivity index (χ4n) is 3.64. The topological polar surface area (TPSA) is 54.9 Å². The molecule has 2 aliphatic rings. The summed E-state index contributed by atoms with van der Waals surface area (Å²) in [5.41, 5.74) is 0. The summed E-state index contributed by atoms with van der Waals surface area (Å²) in [6, 6.07) is 2.02. The number of rotatable bonds is 5. The number of hydrogen-bond donors (Lipinski definition) is 0. The summed E-state index contributed by atoms with van der Waals surface area (Å²) in [5, 5.41) is 1.05. The number of piperidine rings is 1. The van der Waals surface area contributed by atoms with Crippen molar-refractivity contribution in [3.63, 3.8) is 0 Å². The lowest BCUT2D eigenvalue weighted by Gasteiger charge is -2.33. The van der Waals surface area contributed by atoms with Gasteiger partial charge in [0.1, 0.15) is 4.83 Å². The van der Waals surface area contributed by atoms with Crippen LogP contribution in [0.4, 0.5) is 5.13 Å². The zero-order chi connectivity index (χ0) is 18.1. The molecule has 2 aromatic rings. The molecule has 8 heteroatoms. The molecule has 26 heavy (non-hydrogen) atoms. The van der Waals surface area contributed by atoms with Crippen molar-refractivity contribution in [1.82, 2.24) is 9.88 Å². The minimum atomic E-state index is -0.0676. The molecule has 2 aromatic heterocycles. The second-order valence-corrected chi connectivity index (χ2v) is 8.73. The number of thiophene rings is 1. The molecule has 0 radical (unpaired) electrons. The Hall–Kier alpha value is -1.22. The Morgan fingerprint density at radius 1 is 1.23 bits per heavy atom. The highest BCUT2D eigenvalue weighted by molar-refractivity contribution is 7.29. The third-order valence-corrected chi connectivity index (χ3v) is 7.39. The van der Waals surface area contributed by atoms with E-state index in [0.29, 0.717) is 19.1 Å². The smallest absolute Gasteiger partial charge is 0.264 e. The first-order chi connectivity index (χ1) is 12.7. The number of fused-ring (bicyclic) bond motifs is 1. The maximum Gasteiger partial charge on any atom is 0.264 e. The summed E-state index contributed by atoms with van der Waals surface area (Å²) in [6.45, 7) is 9.11. The van der Waals surface area contributed by atoms with Crippen molar-refractivity contribution < 1.29 is 14.3 Å². The van der Waals surface area contributed by atoms with Gasteiger partial charge in [0.05, 0.1) is 22.8 Å². The van der Waals surface area contributed by atoms with Gasteiger partial charge in [-0.1, -0.05) is 11.3 Å². The van der Waals surface area contributed by atoms with E-state index in [-0.39, 0.29) is 12.2 Å². The average molecular weight is 396 g/mol. The van der Waals surface area contributed by atoms with E-state index in [2.05, 4.69) is 18.7 Å². The van der Waals surface area contributed by atoms with Gasteiger partial charge in [-0.25, -0.2) is 4.98 Å². The predicted octanol–water partition coefficient (Wildman–Crippen LogP) is 3.43. The molecule has 4 rings (SSSR count). The van der Waals surface area contributed by atoms with Crippen molar-refractivity contribution in [3.8, 4) is 0 Å². The molecule has 0 unspecified atom stereocenters. The number of carbonyl (C=O) groups is 1. The van der Waals surface area contributed by atoms with Gasteiger partial charge in [0, 0.05) is 32.1 Å². The minimum absolute atomic E-state index is 0.0676. The molecule has 2 saturated heterocycles. The first-order valence-corrected chi connectivity index (χ1v) is 11.0. The Kier molecular flexibility index (Phi) is 5.45. The lowest BCUT2D eigenvalue weighted by molar-refractivity contribution is -0.0955. The molecule has 0 aliphatic carbocycles. The summed E-state index contributed by atoms with van der Waals surface area (Å²) < 4.78 is 12.3. The molecule has 0 aromatic carbocycles. The highest BCUT2D eigenvalue weighted by Gasteiger charge is 2.32. The first kappa shape index (κ1) is 18.2. The molecule has 1 amide bonds. The number of thiazole rings is 1. The van der Waals surface area contributed by atoms with E-state index >= 15 is 0 Å². The fourth-order valence-corrected chi connectivity index (χ4v) is 5.94. The van der Waals surface area contributed by atoms with Gasteiger partial charge in [0.2, 0.25) is 0 Å². The maximum absolute atomic E-state index is 12.9. The monoisotopic (exact) mass is 395 g/mol. The number of likely N-dealkylation sites (tertiary alicyclic amines) is 1. The predicted molar refractivity (Wildman–Crippen MR) is 105 cm³/mol. The van der Waals surface area contributed by atoms with Gasteiger partial charge in [0.15, 0.2) is 11.4 Å². The van der Waals surface area contributed by atoms with Crippen LogP contribution in [0.15, 0.2) is 6.07 Å². The van der Waals surface area contributed by atoms with Crippen LogP contribution in [-0.4, -0.2) is 61.5 Å². The molecule has 2 aliphatic heterocycles. The molecule has 0 bridgehead atoms. The summed E-state index contributed by atoms with van der Waals surface area (Å²) in [4.78, 5) is 23.6. The summed E-state index contributed by atoms with van der Waals surface area (Å²) in [7, 11) is 0. The van der Waals surface area contributed by atoms with Gasteiger partial charge in [-0.15, -0.1) is 11.3 Å². The molecule has 0 atom stereocenters. The maximum atomic E-state index is 12.9. The van der Waals surface area contributed by atoms with E-state index in [1.807, 2.05) is 11.0 Å². The molecule has 0 spiro atoms. The number of amides is 1. The number of carbonyl (C=O) groups excluding carboxylic acids is 1. The highest BCUT2D eigenvalue weighted by atomic mass is 32.1.